The molecular formula is C12H12ClN5O3. The van der Waals surface area contributed by atoms with Gasteiger partial charge in [-0.25, -0.2) is 0 Å². The zero-order valence-corrected chi connectivity index (χ0v) is 12.1. The van der Waals surface area contributed by atoms with E-state index in [2.05, 4.69) is 20.3 Å². The molecule has 1 aromatic heterocycles. The van der Waals surface area contributed by atoms with Gasteiger partial charge in [-0.05, 0) is 37.6 Å². The Morgan fingerprint density at radius 2 is 2.14 bits per heavy atom. The molecule has 1 N–H and O–H groups in total. The molecule has 1 aromatic carbocycles. The van der Waals surface area contributed by atoms with Gasteiger partial charge in [-0.2, -0.15) is 15.0 Å². The van der Waals surface area contributed by atoms with E-state index < -0.39 is 4.92 Å². The second-order valence-electron chi connectivity index (χ2n) is 4.05. The highest BCUT2D eigenvalue weighted by atomic mass is 35.5. The molecular weight excluding hydrogens is 298 g/mol. The van der Waals surface area contributed by atoms with E-state index in [0.717, 1.165) is 0 Å². The Bertz CT molecular complexity index is 680. The Morgan fingerprint density at radius 1 is 1.38 bits per heavy atom. The van der Waals surface area contributed by atoms with Gasteiger partial charge >= 0.3 is 6.01 Å². The number of rotatable bonds is 5. The summed E-state index contributed by atoms with van der Waals surface area (Å²) in [6.45, 7) is 4.13. The molecule has 0 bridgehead atoms. The van der Waals surface area contributed by atoms with Crippen molar-refractivity contribution in [3.8, 4) is 11.8 Å². The highest BCUT2D eigenvalue weighted by Crippen LogP contribution is 2.26. The first-order valence-corrected chi connectivity index (χ1v) is 6.45. The summed E-state index contributed by atoms with van der Waals surface area (Å²) in [5.41, 5.74) is 0.494. The minimum absolute atomic E-state index is 0.00502. The lowest BCUT2D eigenvalue weighted by molar-refractivity contribution is -0.385. The molecule has 0 fully saturated rings. The summed E-state index contributed by atoms with van der Waals surface area (Å²) >= 11 is 5.78. The molecule has 0 radical (unpaired) electrons. The number of hydrogen-bond acceptors (Lipinski definition) is 7. The molecule has 0 aliphatic rings. The fourth-order valence-corrected chi connectivity index (χ4v) is 1.77. The van der Waals surface area contributed by atoms with Crippen molar-refractivity contribution in [2.24, 2.45) is 0 Å². The number of nitro groups is 1. The topological polar surface area (TPSA) is 103 Å². The Labute approximate surface area is 125 Å². The van der Waals surface area contributed by atoms with E-state index in [9.17, 15) is 10.1 Å². The number of aryl methyl sites for hydroxylation is 1. The van der Waals surface area contributed by atoms with Gasteiger partial charge < -0.3 is 10.1 Å². The summed E-state index contributed by atoms with van der Waals surface area (Å²) in [5, 5.41) is 13.6. The molecule has 0 spiro atoms. The van der Waals surface area contributed by atoms with Crippen LogP contribution in [0.5, 0.6) is 11.8 Å². The molecule has 0 saturated carbocycles. The average molecular weight is 310 g/mol. The molecule has 9 heteroatoms. The number of aromatic nitrogens is 3. The Morgan fingerprint density at radius 3 is 2.76 bits per heavy atom. The van der Waals surface area contributed by atoms with E-state index in [1.165, 1.54) is 18.2 Å². The Balaban J connectivity index is 2.25. The van der Waals surface area contributed by atoms with Crippen molar-refractivity contribution in [1.29, 1.82) is 0 Å². The van der Waals surface area contributed by atoms with Crippen molar-refractivity contribution < 1.29 is 9.66 Å². The van der Waals surface area contributed by atoms with Gasteiger partial charge in [-0.3, -0.25) is 10.1 Å². The van der Waals surface area contributed by atoms with Gasteiger partial charge in [0.2, 0.25) is 11.2 Å². The first-order chi connectivity index (χ1) is 9.99. The van der Waals surface area contributed by atoms with Crippen LogP contribution in [0.15, 0.2) is 18.2 Å². The van der Waals surface area contributed by atoms with Crippen molar-refractivity contribution in [2.45, 2.75) is 13.8 Å². The quantitative estimate of drug-likeness (QED) is 0.668. The molecule has 1 heterocycles. The Kier molecular flexibility index (Phi) is 4.49. The molecule has 8 nitrogen and oxygen atoms in total. The van der Waals surface area contributed by atoms with E-state index in [0.29, 0.717) is 23.8 Å². The molecule has 110 valence electrons. The van der Waals surface area contributed by atoms with Crippen molar-refractivity contribution in [2.75, 3.05) is 11.9 Å². The van der Waals surface area contributed by atoms with Crippen molar-refractivity contribution >= 4 is 23.2 Å². The number of halogens is 1. The number of hydrogen-bond donors (Lipinski definition) is 1. The minimum atomic E-state index is -0.456. The van der Waals surface area contributed by atoms with E-state index in [-0.39, 0.29) is 17.0 Å². The highest BCUT2D eigenvalue weighted by molar-refractivity contribution is 6.28. The average Bonchev–Trinajstić information content (AvgIpc) is 2.37. The molecule has 0 amide bonds. The maximum atomic E-state index is 10.8. The normalized spacial score (nSPS) is 10.2. The summed E-state index contributed by atoms with van der Waals surface area (Å²) in [6.07, 6.45) is 0. The number of nitrogens with one attached hydrogen (secondary N) is 1. The van der Waals surface area contributed by atoms with Crippen LogP contribution in [0.2, 0.25) is 5.28 Å². The number of benzene rings is 1. The second kappa shape index (κ2) is 6.31. The fourth-order valence-electron chi connectivity index (χ4n) is 1.62. The van der Waals surface area contributed by atoms with Crippen LogP contribution < -0.4 is 10.1 Å². The standard InChI is InChI=1S/C12H12ClN5O3/c1-3-14-11-15-10(13)16-12(17-11)21-8-4-5-9(18(19)20)7(2)6-8/h4-6H,3H2,1-2H3,(H,14,15,16,17). The lowest BCUT2D eigenvalue weighted by Gasteiger charge is -2.07. The molecule has 0 aliphatic carbocycles. The summed E-state index contributed by atoms with van der Waals surface area (Å²) in [4.78, 5) is 22.1. The van der Waals surface area contributed by atoms with Gasteiger partial charge in [-0.15, -0.1) is 0 Å². The third kappa shape index (κ3) is 3.76. The van der Waals surface area contributed by atoms with Crippen LogP contribution in [0.3, 0.4) is 0 Å². The number of anilines is 1. The molecule has 0 unspecified atom stereocenters. The SMILES string of the molecule is CCNc1nc(Cl)nc(Oc2ccc([N+](=O)[O-])c(C)c2)n1. The smallest absolute Gasteiger partial charge is 0.328 e. The lowest BCUT2D eigenvalue weighted by Crippen LogP contribution is -2.05. The molecule has 2 aromatic rings. The van der Waals surface area contributed by atoms with Crippen LogP contribution in [0.4, 0.5) is 11.6 Å². The summed E-state index contributed by atoms with van der Waals surface area (Å²) in [5.74, 6) is 0.675. The zero-order valence-electron chi connectivity index (χ0n) is 11.3. The van der Waals surface area contributed by atoms with Crippen LogP contribution >= 0.6 is 11.6 Å². The first-order valence-electron chi connectivity index (χ1n) is 6.08. The van der Waals surface area contributed by atoms with Gasteiger partial charge in [0.15, 0.2) is 0 Å². The Hall–Kier alpha value is -2.48. The van der Waals surface area contributed by atoms with Crippen LogP contribution in [-0.4, -0.2) is 26.4 Å². The number of nitro benzene ring substituents is 1. The van der Waals surface area contributed by atoms with E-state index in [1.54, 1.807) is 6.92 Å². The van der Waals surface area contributed by atoms with Crippen molar-refractivity contribution in [1.82, 2.24) is 15.0 Å². The highest BCUT2D eigenvalue weighted by Gasteiger charge is 2.12. The second-order valence-corrected chi connectivity index (χ2v) is 4.39. The zero-order chi connectivity index (χ0) is 15.4. The molecule has 2 rings (SSSR count). The third-order valence-electron chi connectivity index (χ3n) is 2.50. The summed E-state index contributed by atoms with van der Waals surface area (Å²) in [7, 11) is 0. The predicted molar refractivity (Wildman–Crippen MR) is 76.9 cm³/mol. The van der Waals surface area contributed by atoms with Crippen LogP contribution in [0, 0.1) is 17.0 Å². The van der Waals surface area contributed by atoms with Crippen LogP contribution in [0.1, 0.15) is 12.5 Å². The number of nitrogens with zero attached hydrogens (tertiary/aromatic N) is 4. The lowest BCUT2D eigenvalue weighted by atomic mass is 10.2. The van der Waals surface area contributed by atoms with Gasteiger partial charge in [-0.1, -0.05) is 0 Å². The molecule has 0 saturated heterocycles. The van der Waals surface area contributed by atoms with E-state index >= 15 is 0 Å². The monoisotopic (exact) mass is 309 g/mol. The third-order valence-corrected chi connectivity index (χ3v) is 2.67. The minimum Gasteiger partial charge on any atom is -0.424 e. The van der Waals surface area contributed by atoms with Gasteiger partial charge in [0.05, 0.1) is 4.92 Å². The van der Waals surface area contributed by atoms with Gasteiger partial charge in [0.1, 0.15) is 5.75 Å². The largest absolute Gasteiger partial charge is 0.424 e. The molecule has 21 heavy (non-hydrogen) atoms. The predicted octanol–water partition coefficient (Wildman–Crippen LogP) is 2.97. The summed E-state index contributed by atoms with van der Waals surface area (Å²) in [6, 6.07) is 4.37. The first kappa shape index (κ1) is 14.9. The summed E-state index contributed by atoms with van der Waals surface area (Å²) < 4.78 is 5.45. The van der Waals surface area contributed by atoms with Crippen molar-refractivity contribution in [3.63, 3.8) is 0 Å². The fraction of sp³-hybridized carbons (Fsp3) is 0.250. The molecule has 0 aliphatic heterocycles. The number of ether oxygens (including phenoxy) is 1. The molecule has 0 atom stereocenters. The van der Waals surface area contributed by atoms with Gasteiger partial charge in [0, 0.05) is 18.2 Å². The maximum absolute atomic E-state index is 10.8. The maximum Gasteiger partial charge on any atom is 0.328 e. The van der Waals surface area contributed by atoms with E-state index in [4.69, 9.17) is 16.3 Å². The van der Waals surface area contributed by atoms with Gasteiger partial charge in [0.25, 0.3) is 5.69 Å². The van der Waals surface area contributed by atoms with Crippen LogP contribution in [0.25, 0.3) is 0 Å². The van der Waals surface area contributed by atoms with E-state index in [1.807, 2.05) is 6.92 Å². The van der Waals surface area contributed by atoms with Crippen molar-refractivity contribution in [3.05, 3.63) is 39.2 Å². The van der Waals surface area contributed by atoms with Crippen LogP contribution in [-0.2, 0) is 0 Å².